The number of aromatic nitrogens is 1. The van der Waals surface area contributed by atoms with Crippen LogP contribution in [0.2, 0.25) is 0 Å². The Labute approximate surface area is 168 Å². The van der Waals surface area contributed by atoms with E-state index < -0.39 is 4.92 Å². The average molecular weight is 394 g/mol. The minimum absolute atomic E-state index is 0.0340. The predicted molar refractivity (Wildman–Crippen MR) is 111 cm³/mol. The van der Waals surface area contributed by atoms with Crippen molar-refractivity contribution in [3.8, 4) is 11.3 Å². The molecule has 0 saturated carbocycles. The summed E-state index contributed by atoms with van der Waals surface area (Å²) in [4.78, 5) is 25.4. The number of benzene rings is 2. The molecule has 150 valence electrons. The largest absolute Gasteiger partial charge is 0.372 e. The van der Waals surface area contributed by atoms with Gasteiger partial charge in [0.05, 0.1) is 4.92 Å². The van der Waals surface area contributed by atoms with Gasteiger partial charge in [-0.25, -0.2) is 0 Å². The Morgan fingerprint density at radius 2 is 1.72 bits per heavy atom. The third-order valence-electron chi connectivity index (χ3n) is 4.70. The molecule has 0 atom stereocenters. The molecule has 0 saturated heterocycles. The molecule has 0 aliphatic heterocycles. The van der Waals surface area contributed by atoms with Gasteiger partial charge in [0.2, 0.25) is 0 Å². The van der Waals surface area contributed by atoms with Crippen LogP contribution < -0.4 is 10.2 Å². The number of anilines is 2. The number of carbonyl (C=O) groups is 1. The van der Waals surface area contributed by atoms with E-state index in [9.17, 15) is 14.9 Å². The molecule has 0 fully saturated rings. The zero-order chi connectivity index (χ0) is 21.0. The van der Waals surface area contributed by atoms with Gasteiger partial charge in [0.15, 0.2) is 0 Å². The van der Waals surface area contributed by atoms with Gasteiger partial charge in [-0.15, -0.1) is 0 Å². The van der Waals surface area contributed by atoms with Crippen molar-refractivity contribution >= 4 is 23.0 Å². The summed E-state index contributed by atoms with van der Waals surface area (Å²) in [5.74, 6) is 0.0169. The summed E-state index contributed by atoms with van der Waals surface area (Å²) in [6.45, 7) is 7.64. The molecule has 1 N–H and O–H groups in total. The lowest BCUT2D eigenvalue weighted by Crippen LogP contribution is -2.21. The summed E-state index contributed by atoms with van der Waals surface area (Å²) in [6, 6.07) is 13.4. The van der Waals surface area contributed by atoms with Crippen molar-refractivity contribution in [3.05, 3.63) is 70.0 Å². The number of nitrogens with one attached hydrogen (secondary N) is 1. The Balaban J connectivity index is 1.83. The lowest BCUT2D eigenvalue weighted by atomic mass is 10.1. The number of non-ortho nitro benzene ring substituents is 1. The van der Waals surface area contributed by atoms with Crippen LogP contribution in [0.1, 0.15) is 30.0 Å². The highest BCUT2D eigenvalue weighted by Gasteiger charge is 2.22. The van der Waals surface area contributed by atoms with Crippen LogP contribution in [-0.4, -0.2) is 29.1 Å². The first-order chi connectivity index (χ1) is 13.9. The van der Waals surface area contributed by atoms with E-state index in [4.69, 9.17) is 4.52 Å². The molecule has 1 amide bonds. The van der Waals surface area contributed by atoms with E-state index in [0.29, 0.717) is 28.3 Å². The molecule has 0 aliphatic carbocycles. The molecule has 2 aromatic carbocycles. The molecular formula is C21H22N4O4. The van der Waals surface area contributed by atoms with Crippen LogP contribution in [0.3, 0.4) is 0 Å². The van der Waals surface area contributed by atoms with Crippen LogP contribution >= 0.6 is 0 Å². The monoisotopic (exact) mass is 394 g/mol. The number of nitro groups is 1. The van der Waals surface area contributed by atoms with Crippen LogP contribution in [0.4, 0.5) is 17.1 Å². The van der Waals surface area contributed by atoms with Crippen molar-refractivity contribution in [1.29, 1.82) is 0 Å². The van der Waals surface area contributed by atoms with Crippen molar-refractivity contribution in [2.45, 2.75) is 20.8 Å². The zero-order valence-electron chi connectivity index (χ0n) is 16.5. The second kappa shape index (κ2) is 8.55. The average Bonchev–Trinajstić information content (AvgIpc) is 3.11. The van der Waals surface area contributed by atoms with Crippen molar-refractivity contribution in [3.63, 3.8) is 0 Å². The molecule has 0 spiro atoms. The second-order valence-electron chi connectivity index (χ2n) is 6.44. The van der Waals surface area contributed by atoms with Crippen LogP contribution in [0.5, 0.6) is 0 Å². The van der Waals surface area contributed by atoms with Crippen LogP contribution in [0.15, 0.2) is 53.1 Å². The summed E-state index contributed by atoms with van der Waals surface area (Å²) in [7, 11) is 0. The van der Waals surface area contributed by atoms with Gasteiger partial charge in [-0.2, -0.15) is 0 Å². The number of hydrogen-bond donors (Lipinski definition) is 1. The lowest BCUT2D eigenvalue weighted by Gasteiger charge is -2.21. The molecule has 8 nitrogen and oxygen atoms in total. The summed E-state index contributed by atoms with van der Waals surface area (Å²) in [6.07, 6.45) is 0. The minimum atomic E-state index is -0.479. The summed E-state index contributed by atoms with van der Waals surface area (Å²) >= 11 is 0. The Morgan fingerprint density at radius 1 is 1.10 bits per heavy atom. The lowest BCUT2D eigenvalue weighted by molar-refractivity contribution is -0.384. The molecule has 1 aromatic heterocycles. The highest BCUT2D eigenvalue weighted by atomic mass is 16.6. The van der Waals surface area contributed by atoms with Crippen LogP contribution in [0, 0.1) is 17.0 Å². The Hall–Kier alpha value is -3.68. The quantitative estimate of drug-likeness (QED) is 0.462. The molecular weight excluding hydrogens is 372 g/mol. The summed E-state index contributed by atoms with van der Waals surface area (Å²) in [5.41, 5.74) is 2.91. The second-order valence-corrected chi connectivity index (χ2v) is 6.44. The van der Waals surface area contributed by atoms with Crippen molar-refractivity contribution < 1.29 is 14.2 Å². The fourth-order valence-corrected chi connectivity index (χ4v) is 3.12. The van der Waals surface area contributed by atoms with Crippen LogP contribution in [0.25, 0.3) is 11.3 Å². The molecule has 29 heavy (non-hydrogen) atoms. The molecule has 0 aliphatic rings. The standard InChI is InChI=1S/C21H22N4O4/c1-4-24(5-2)17-12-8-16(9-13-17)22-21(26)19-14(3)29-23-20(19)15-6-10-18(11-7-15)25(27)28/h6-13H,4-5H2,1-3H3,(H,22,26). The SMILES string of the molecule is CCN(CC)c1ccc(NC(=O)c2c(-c3ccc([N+](=O)[O-])cc3)noc2C)cc1. The van der Waals surface area contributed by atoms with Gasteiger partial charge in [0.1, 0.15) is 17.0 Å². The van der Waals surface area contributed by atoms with Crippen LogP contribution in [-0.2, 0) is 0 Å². The summed E-state index contributed by atoms with van der Waals surface area (Å²) < 4.78 is 5.21. The van der Waals surface area contributed by atoms with E-state index in [0.717, 1.165) is 18.8 Å². The first-order valence-corrected chi connectivity index (χ1v) is 9.32. The number of aryl methyl sites for hydroxylation is 1. The van der Waals surface area contributed by atoms with Gasteiger partial charge >= 0.3 is 0 Å². The molecule has 8 heteroatoms. The Morgan fingerprint density at radius 3 is 2.28 bits per heavy atom. The topological polar surface area (TPSA) is 102 Å². The highest BCUT2D eigenvalue weighted by molar-refractivity contribution is 6.08. The number of amides is 1. The first-order valence-electron chi connectivity index (χ1n) is 9.32. The van der Waals surface area contributed by atoms with Gasteiger partial charge < -0.3 is 14.7 Å². The number of hydrogen-bond acceptors (Lipinski definition) is 6. The molecule has 0 radical (unpaired) electrons. The predicted octanol–water partition coefficient (Wildman–Crippen LogP) is 4.66. The number of nitro benzene ring substituents is 1. The van der Waals surface area contributed by atoms with Crippen molar-refractivity contribution in [2.24, 2.45) is 0 Å². The van der Waals surface area contributed by atoms with E-state index in [1.807, 2.05) is 24.3 Å². The number of nitrogens with zero attached hydrogens (tertiary/aromatic N) is 3. The van der Waals surface area contributed by atoms with Gasteiger partial charge in [-0.05, 0) is 57.2 Å². The van der Waals surface area contributed by atoms with Gasteiger partial charge in [0.25, 0.3) is 11.6 Å². The summed E-state index contributed by atoms with van der Waals surface area (Å²) in [5, 5.41) is 17.7. The van der Waals surface area contributed by atoms with E-state index >= 15 is 0 Å². The van der Waals surface area contributed by atoms with E-state index in [2.05, 4.69) is 29.2 Å². The maximum atomic E-state index is 12.9. The Bertz CT molecular complexity index is 1010. The third kappa shape index (κ3) is 4.26. The fraction of sp³-hybridized carbons (Fsp3) is 0.238. The molecule has 3 rings (SSSR count). The number of carbonyl (C=O) groups excluding carboxylic acids is 1. The minimum Gasteiger partial charge on any atom is -0.372 e. The molecule has 1 heterocycles. The molecule has 0 unspecified atom stereocenters. The van der Waals surface area contributed by atoms with Gasteiger partial charge in [-0.1, -0.05) is 5.16 Å². The molecule has 0 bridgehead atoms. The first kappa shape index (κ1) is 20.1. The fourth-order valence-electron chi connectivity index (χ4n) is 3.12. The number of rotatable bonds is 7. The van der Waals surface area contributed by atoms with E-state index in [-0.39, 0.29) is 11.6 Å². The Kier molecular flexibility index (Phi) is 5.92. The van der Waals surface area contributed by atoms with E-state index in [1.54, 1.807) is 19.1 Å². The normalized spacial score (nSPS) is 10.6. The third-order valence-corrected chi connectivity index (χ3v) is 4.70. The maximum absolute atomic E-state index is 12.9. The van der Waals surface area contributed by atoms with Gasteiger partial charge in [-0.3, -0.25) is 14.9 Å². The van der Waals surface area contributed by atoms with Gasteiger partial charge in [0, 0.05) is 42.2 Å². The van der Waals surface area contributed by atoms with Crippen molar-refractivity contribution in [1.82, 2.24) is 5.16 Å². The zero-order valence-corrected chi connectivity index (χ0v) is 16.5. The maximum Gasteiger partial charge on any atom is 0.269 e. The van der Waals surface area contributed by atoms with E-state index in [1.165, 1.54) is 12.1 Å². The molecule has 3 aromatic rings. The van der Waals surface area contributed by atoms with Crippen molar-refractivity contribution in [2.75, 3.05) is 23.3 Å². The highest BCUT2D eigenvalue weighted by Crippen LogP contribution is 2.28. The smallest absolute Gasteiger partial charge is 0.269 e.